The van der Waals surface area contributed by atoms with Crippen molar-refractivity contribution in [1.82, 2.24) is 19.1 Å². The van der Waals surface area contributed by atoms with Gasteiger partial charge in [0.25, 0.3) is 0 Å². The van der Waals surface area contributed by atoms with Crippen molar-refractivity contribution >= 4 is 43.6 Å². The Labute approximate surface area is 250 Å². The van der Waals surface area contributed by atoms with Crippen LogP contribution in [0.4, 0.5) is 0 Å². The number of hydrogen-bond acceptors (Lipinski definition) is 2. The van der Waals surface area contributed by atoms with Gasteiger partial charge in [0, 0.05) is 58.1 Å². The third-order valence-corrected chi connectivity index (χ3v) is 9.02. The van der Waals surface area contributed by atoms with Crippen LogP contribution in [-0.2, 0) is 13.1 Å². The molecule has 2 aromatic carbocycles. The maximum Gasteiger partial charge on any atom is 0.0713 e. The molecule has 0 bridgehead atoms. The monoisotopic (exact) mass is 558 g/mol. The van der Waals surface area contributed by atoms with Crippen LogP contribution in [0.5, 0.6) is 0 Å². The van der Waals surface area contributed by atoms with Gasteiger partial charge in [0.15, 0.2) is 0 Å². The number of para-hydroxylation sites is 2. The van der Waals surface area contributed by atoms with Gasteiger partial charge in [0.05, 0.1) is 22.4 Å². The summed E-state index contributed by atoms with van der Waals surface area (Å²) in [5, 5.41) is 5.41. The van der Waals surface area contributed by atoms with Crippen LogP contribution in [-0.4, -0.2) is 19.1 Å². The number of nitrogens with zero attached hydrogens (tertiary/aromatic N) is 4. The zero-order valence-electron chi connectivity index (χ0n) is 25.9. The number of aromatic nitrogens is 4. The smallest absolute Gasteiger partial charge is 0.0713 e. The molecule has 4 heterocycles. The molecule has 0 radical (unpaired) electrons. The van der Waals surface area contributed by atoms with Crippen molar-refractivity contribution in [3.63, 3.8) is 0 Å². The van der Waals surface area contributed by atoms with E-state index in [1.807, 2.05) is 12.4 Å². The summed E-state index contributed by atoms with van der Waals surface area (Å²) < 4.78 is 5.09. The molecule has 6 aromatic rings. The van der Waals surface area contributed by atoms with Crippen molar-refractivity contribution < 1.29 is 0 Å². The van der Waals surface area contributed by atoms with Crippen molar-refractivity contribution in [2.75, 3.05) is 0 Å². The Morgan fingerprint density at radius 1 is 0.476 bits per heavy atom. The lowest BCUT2D eigenvalue weighted by atomic mass is 10.1. The molecular formula is C38H46N4. The Hall–Kier alpha value is -3.66. The molecule has 0 aliphatic rings. The Morgan fingerprint density at radius 2 is 0.857 bits per heavy atom. The van der Waals surface area contributed by atoms with Gasteiger partial charge in [-0.15, -0.1) is 0 Å². The highest BCUT2D eigenvalue weighted by Crippen LogP contribution is 2.34. The highest BCUT2D eigenvalue weighted by atomic mass is 15.0. The quantitative estimate of drug-likeness (QED) is 0.132. The third kappa shape index (κ3) is 5.44. The number of aryl methyl sites for hydroxylation is 2. The standard InChI is InChI=1S/C38H46N4/c1-27(2)35-37-31(21-23-39-35)29-17-11-13-19-33(29)41(37)25-15-9-7-5-6-8-10-16-26-42-34-20-14-12-18-30(34)32-22-24-40-36(28(3)4)38(32)42/h11-14,17-24,27-28H,5-10,15-16,25-26H2,1-4H3. The van der Waals surface area contributed by atoms with E-state index < -0.39 is 0 Å². The van der Waals surface area contributed by atoms with E-state index in [1.165, 1.54) is 106 Å². The zero-order chi connectivity index (χ0) is 29.1. The Morgan fingerprint density at radius 3 is 1.26 bits per heavy atom. The number of fused-ring (bicyclic) bond motifs is 6. The predicted octanol–water partition coefficient (Wildman–Crippen LogP) is 10.8. The molecule has 0 unspecified atom stereocenters. The lowest BCUT2D eigenvalue weighted by Crippen LogP contribution is -2.03. The second-order valence-corrected chi connectivity index (χ2v) is 12.7. The second-order valence-electron chi connectivity index (χ2n) is 12.7. The lowest BCUT2D eigenvalue weighted by molar-refractivity contribution is 0.535. The minimum Gasteiger partial charge on any atom is -0.339 e. The van der Waals surface area contributed by atoms with E-state index in [4.69, 9.17) is 9.97 Å². The maximum atomic E-state index is 4.79. The van der Waals surface area contributed by atoms with Gasteiger partial charge in [-0.05, 0) is 48.9 Å². The molecule has 0 spiro atoms. The van der Waals surface area contributed by atoms with Crippen LogP contribution in [0, 0.1) is 0 Å². The molecule has 218 valence electrons. The molecule has 0 saturated heterocycles. The Kier molecular flexibility index (Phi) is 8.60. The van der Waals surface area contributed by atoms with E-state index in [1.54, 1.807) is 0 Å². The molecule has 0 N–H and O–H groups in total. The summed E-state index contributed by atoms with van der Waals surface area (Å²) in [6, 6.07) is 22.1. The van der Waals surface area contributed by atoms with E-state index in [-0.39, 0.29) is 0 Å². The van der Waals surface area contributed by atoms with Gasteiger partial charge >= 0.3 is 0 Å². The first kappa shape index (κ1) is 28.5. The van der Waals surface area contributed by atoms with Crippen LogP contribution in [0.15, 0.2) is 73.1 Å². The second kappa shape index (κ2) is 12.7. The van der Waals surface area contributed by atoms with Gasteiger partial charge in [-0.1, -0.05) is 103 Å². The minimum absolute atomic E-state index is 0.417. The molecule has 42 heavy (non-hydrogen) atoms. The normalized spacial score (nSPS) is 12.2. The van der Waals surface area contributed by atoms with Gasteiger partial charge < -0.3 is 9.13 Å². The van der Waals surface area contributed by atoms with Crippen LogP contribution in [0.25, 0.3) is 43.6 Å². The first-order chi connectivity index (χ1) is 20.6. The van der Waals surface area contributed by atoms with Crippen molar-refractivity contribution in [2.24, 2.45) is 0 Å². The topological polar surface area (TPSA) is 35.6 Å². The van der Waals surface area contributed by atoms with Crippen LogP contribution in [0.3, 0.4) is 0 Å². The highest BCUT2D eigenvalue weighted by molar-refractivity contribution is 6.09. The van der Waals surface area contributed by atoms with Gasteiger partial charge in [0.2, 0.25) is 0 Å². The van der Waals surface area contributed by atoms with Crippen molar-refractivity contribution in [3.05, 3.63) is 84.4 Å². The lowest BCUT2D eigenvalue weighted by Gasteiger charge is -2.12. The van der Waals surface area contributed by atoms with Crippen molar-refractivity contribution in [2.45, 2.75) is 104 Å². The number of unbranched alkanes of at least 4 members (excludes halogenated alkanes) is 7. The molecule has 4 nitrogen and oxygen atoms in total. The number of benzene rings is 2. The van der Waals surface area contributed by atoms with E-state index >= 15 is 0 Å². The first-order valence-electron chi connectivity index (χ1n) is 16.3. The summed E-state index contributed by atoms with van der Waals surface area (Å²) in [5.41, 5.74) is 7.83. The molecule has 6 rings (SSSR count). The maximum absolute atomic E-state index is 4.79. The summed E-state index contributed by atoms with van der Waals surface area (Å²) in [4.78, 5) is 9.58. The van der Waals surface area contributed by atoms with Crippen molar-refractivity contribution in [1.29, 1.82) is 0 Å². The van der Waals surface area contributed by atoms with Crippen LogP contribution in [0.1, 0.15) is 102 Å². The summed E-state index contributed by atoms with van der Waals surface area (Å²) in [6.45, 7) is 11.2. The molecule has 0 aliphatic carbocycles. The van der Waals surface area contributed by atoms with Gasteiger partial charge in [-0.3, -0.25) is 9.97 Å². The van der Waals surface area contributed by atoms with Gasteiger partial charge in [-0.25, -0.2) is 0 Å². The number of pyridine rings is 2. The first-order valence-corrected chi connectivity index (χ1v) is 16.3. The predicted molar refractivity (Wildman–Crippen MR) is 180 cm³/mol. The van der Waals surface area contributed by atoms with Crippen LogP contribution < -0.4 is 0 Å². The van der Waals surface area contributed by atoms with Crippen molar-refractivity contribution in [3.8, 4) is 0 Å². The molecule has 4 aromatic heterocycles. The highest BCUT2D eigenvalue weighted by Gasteiger charge is 2.17. The van der Waals surface area contributed by atoms with Gasteiger partial charge in [-0.2, -0.15) is 0 Å². The zero-order valence-corrected chi connectivity index (χ0v) is 25.9. The molecule has 0 atom stereocenters. The average Bonchev–Trinajstić information content (AvgIpc) is 3.50. The fraction of sp³-hybridized carbons (Fsp3) is 0.421. The molecular weight excluding hydrogens is 512 g/mol. The SMILES string of the molecule is CC(C)c1nccc2c3ccccc3n(CCCCCCCCCCn3c4ccccc4c4ccnc(C(C)C)c43)c12. The largest absolute Gasteiger partial charge is 0.339 e. The van der Waals surface area contributed by atoms with E-state index in [0.29, 0.717) is 11.8 Å². The Balaban J connectivity index is 0.998. The summed E-state index contributed by atoms with van der Waals surface area (Å²) in [7, 11) is 0. The summed E-state index contributed by atoms with van der Waals surface area (Å²) in [6.07, 6.45) is 14.3. The Bertz CT molecular complexity index is 1670. The van der Waals surface area contributed by atoms with E-state index in [0.717, 1.165) is 13.1 Å². The minimum atomic E-state index is 0.417. The number of rotatable bonds is 13. The fourth-order valence-corrected chi connectivity index (χ4v) is 6.97. The fourth-order valence-electron chi connectivity index (χ4n) is 6.97. The van der Waals surface area contributed by atoms with Crippen LogP contribution >= 0.6 is 0 Å². The molecule has 0 aliphatic heterocycles. The molecule has 4 heteroatoms. The van der Waals surface area contributed by atoms with Gasteiger partial charge in [0.1, 0.15) is 0 Å². The van der Waals surface area contributed by atoms with E-state index in [9.17, 15) is 0 Å². The average molecular weight is 559 g/mol. The number of hydrogen-bond donors (Lipinski definition) is 0. The molecule has 0 fully saturated rings. The molecule has 0 amide bonds. The summed E-state index contributed by atoms with van der Waals surface area (Å²) >= 11 is 0. The van der Waals surface area contributed by atoms with Crippen LogP contribution in [0.2, 0.25) is 0 Å². The third-order valence-electron chi connectivity index (χ3n) is 9.02. The molecule has 0 saturated carbocycles. The van der Waals surface area contributed by atoms with E-state index in [2.05, 4.69) is 97.5 Å². The summed E-state index contributed by atoms with van der Waals surface area (Å²) in [5.74, 6) is 0.835.